The molecule has 10 heteroatoms. The lowest BCUT2D eigenvalue weighted by Gasteiger charge is -2.39. The second-order valence-electron chi connectivity index (χ2n) is 12.0. The molecule has 3 aromatic carbocycles. The van der Waals surface area contributed by atoms with Crippen molar-refractivity contribution < 1.29 is 0 Å². The van der Waals surface area contributed by atoms with Crippen molar-refractivity contribution in [1.29, 1.82) is 0 Å². The standard InChI is InChI=1S/C36H33N7O2S/c37-34-27(8-4-17-38-34)35-40-29-14-13-28(24-6-2-1-3-7-24)39-36(29)43(35)26-11-9-23(10-12-26)22-41-19-15-25(16-20-41)42-18-5-21-46-33-30(42)31(44)32(33)45/h1-4,6-14,17,25H,5,15-16,18-22H2,(H2,37,38). The highest BCUT2D eigenvalue weighted by Crippen LogP contribution is 2.34. The first-order valence-corrected chi connectivity index (χ1v) is 16.7. The Hall–Kier alpha value is -4.80. The van der Waals surface area contributed by atoms with Crippen LogP contribution in [0.2, 0.25) is 0 Å². The van der Waals surface area contributed by atoms with Crippen molar-refractivity contribution in [3.8, 4) is 28.3 Å². The predicted octanol–water partition coefficient (Wildman–Crippen LogP) is 5.29. The fraction of sp³-hybridized carbons (Fsp3) is 0.250. The molecule has 0 saturated carbocycles. The Morgan fingerprint density at radius 1 is 0.848 bits per heavy atom. The van der Waals surface area contributed by atoms with Crippen LogP contribution < -0.4 is 21.5 Å². The van der Waals surface area contributed by atoms with E-state index >= 15 is 0 Å². The monoisotopic (exact) mass is 627 g/mol. The Balaban J connectivity index is 1.05. The molecule has 1 saturated heterocycles. The van der Waals surface area contributed by atoms with Gasteiger partial charge in [-0.3, -0.25) is 19.1 Å². The minimum absolute atomic E-state index is 0.292. The van der Waals surface area contributed by atoms with Crippen LogP contribution >= 0.6 is 11.8 Å². The third kappa shape index (κ3) is 5.07. The molecule has 6 aromatic rings. The maximum atomic E-state index is 12.4. The molecule has 0 unspecified atom stereocenters. The number of rotatable bonds is 6. The van der Waals surface area contributed by atoms with Crippen molar-refractivity contribution in [1.82, 2.24) is 24.4 Å². The maximum Gasteiger partial charge on any atom is 0.251 e. The molecule has 46 heavy (non-hydrogen) atoms. The molecule has 1 fully saturated rings. The summed E-state index contributed by atoms with van der Waals surface area (Å²) in [6, 6.07) is 26.9. The Labute approximate surface area is 270 Å². The molecule has 0 aliphatic carbocycles. The van der Waals surface area contributed by atoms with E-state index in [4.69, 9.17) is 15.7 Å². The Morgan fingerprint density at radius 2 is 1.65 bits per heavy atom. The van der Waals surface area contributed by atoms with Gasteiger partial charge in [0.05, 0.1) is 16.2 Å². The molecule has 2 aliphatic heterocycles. The van der Waals surface area contributed by atoms with Gasteiger partial charge in [0.15, 0.2) is 11.5 Å². The average molecular weight is 628 g/mol. The molecule has 0 atom stereocenters. The highest BCUT2D eigenvalue weighted by Gasteiger charge is 2.34. The fourth-order valence-electron chi connectivity index (χ4n) is 6.80. The number of nitrogen functional groups attached to an aromatic ring is 1. The molecule has 0 bridgehead atoms. The van der Waals surface area contributed by atoms with Crippen LogP contribution in [0.1, 0.15) is 24.8 Å². The van der Waals surface area contributed by atoms with Gasteiger partial charge < -0.3 is 10.6 Å². The van der Waals surface area contributed by atoms with Gasteiger partial charge >= 0.3 is 0 Å². The molecule has 0 amide bonds. The SMILES string of the molecule is Nc1ncccc1-c1nc2ccc(-c3ccccc3)nc2n1-c1ccc(CN2CCC(N3CCCSc4c3c(=O)c4=O)CC2)cc1. The minimum atomic E-state index is -0.293. The quantitative estimate of drug-likeness (QED) is 0.246. The van der Waals surface area contributed by atoms with Gasteiger partial charge in [-0.1, -0.05) is 42.5 Å². The molecule has 3 aromatic heterocycles. The topological polar surface area (TPSA) is 110 Å². The molecular weight excluding hydrogens is 595 g/mol. The summed E-state index contributed by atoms with van der Waals surface area (Å²) in [7, 11) is 0. The van der Waals surface area contributed by atoms with Crippen molar-refractivity contribution in [2.45, 2.75) is 36.7 Å². The van der Waals surface area contributed by atoms with E-state index in [9.17, 15) is 9.59 Å². The molecule has 0 radical (unpaired) electrons. The minimum Gasteiger partial charge on any atom is -0.383 e. The van der Waals surface area contributed by atoms with E-state index in [1.807, 2.05) is 42.5 Å². The summed E-state index contributed by atoms with van der Waals surface area (Å²) in [5.74, 6) is 2.02. The van der Waals surface area contributed by atoms with Crippen molar-refractivity contribution in [3.63, 3.8) is 0 Å². The zero-order valence-electron chi connectivity index (χ0n) is 25.3. The number of hydrogen-bond donors (Lipinski definition) is 1. The summed E-state index contributed by atoms with van der Waals surface area (Å²) in [5.41, 5.74) is 12.8. The van der Waals surface area contributed by atoms with Gasteiger partial charge in [0.25, 0.3) is 5.43 Å². The van der Waals surface area contributed by atoms with Crippen LogP contribution in [-0.4, -0.2) is 55.8 Å². The van der Waals surface area contributed by atoms with Gasteiger partial charge in [-0.15, -0.1) is 11.8 Å². The number of benzene rings is 2. The van der Waals surface area contributed by atoms with Crippen molar-refractivity contribution in [3.05, 3.63) is 111 Å². The Kier molecular flexibility index (Phi) is 7.38. The van der Waals surface area contributed by atoms with E-state index in [0.29, 0.717) is 28.3 Å². The van der Waals surface area contributed by atoms with E-state index in [1.54, 1.807) is 18.0 Å². The molecule has 2 aliphatic rings. The van der Waals surface area contributed by atoms with Crippen molar-refractivity contribution in [2.75, 3.05) is 36.0 Å². The van der Waals surface area contributed by atoms with Crippen LogP contribution in [0.15, 0.2) is 99.5 Å². The number of fused-ring (bicyclic) bond motifs is 2. The van der Waals surface area contributed by atoms with Crippen LogP contribution in [0.3, 0.4) is 0 Å². The van der Waals surface area contributed by atoms with Crippen molar-refractivity contribution >= 4 is 34.4 Å². The number of pyridine rings is 2. The lowest BCUT2D eigenvalue weighted by molar-refractivity contribution is 0.201. The number of likely N-dealkylation sites (tertiary alicyclic amines) is 1. The summed E-state index contributed by atoms with van der Waals surface area (Å²) < 4.78 is 2.07. The summed E-state index contributed by atoms with van der Waals surface area (Å²) >= 11 is 1.55. The number of nitrogens with zero attached hydrogens (tertiary/aromatic N) is 6. The van der Waals surface area contributed by atoms with Crippen LogP contribution in [0.25, 0.3) is 39.5 Å². The lowest BCUT2D eigenvalue weighted by atomic mass is 10.0. The first kappa shape index (κ1) is 28.7. The van der Waals surface area contributed by atoms with Gasteiger partial charge in [-0.2, -0.15) is 0 Å². The highest BCUT2D eigenvalue weighted by atomic mass is 32.2. The second-order valence-corrected chi connectivity index (χ2v) is 13.1. The van der Waals surface area contributed by atoms with E-state index in [2.05, 4.69) is 55.7 Å². The van der Waals surface area contributed by atoms with Crippen LogP contribution in [0.5, 0.6) is 0 Å². The summed E-state index contributed by atoms with van der Waals surface area (Å²) in [5, 5.41) is 0. The number of hydrogen-bond acceptors (Lipinski definition) is 9. The van der Waals surface area contributed by atoms with E-state index in [-0.39, 0.29) is 10.9 Å². The number of piperidine rings is 1. The molecule has 230 valence electrons. The number of imidazole rings is 1. The van der Waals surface area contributed by atoms with Gasteiger partial charge in [-0.05, 0) is 67.0 Å². The van der Waals surface area contributed by atoms with Gasteiger partial charge in [0.1, 0.15) is 17.0 Å². The highest BCUT2D eigenvalue weighted by molar-refractivity contribution is 7.99. The number of nitrogens with two attached hydrogens (primary N) is 1. The van der Waals surface area contributed by atoms with Crippen LogP contribution in [-0.2, 0) is 6.54 Å². The predicted molar refractivity (Wildman–Crippen MR) is 184 cm³/mol. The normalized spacial score (nSPS) is 16.1. The largest absolute Gasteiger partial charge is 0.383 e. The number of anilines is 2. The summed E-state index contributed by atoms with van der Waals surface area (Å²) in [4.78, 5) is 44.3. The van der Waals surface area contributed by atoms with E-state index in [1.165, 1.54) is 5.56 Å². The molecule has 2 N–H and O–H groups in total. The third-order valence-corrected chi connectivity index (χ3v) is 10.3. The van der Waals surface area contributed by atoms with Gasteiger partial charge in [-0.25, -0.2) is 15.0 Å². The van der Waals surface area contributed by atoms with Gasteiger partial charge in [0, 0.05) is 49.7 Å². The second kappa shape index (κ2) is 11.9. The third-order valence-electron chi connectivity index (χ3n) is 9.17. The molecule has 8 rings (SSSR count). The van der Waals surface area contributed by atoms with Crippen LogP contribution in [0.4, 0.5) is 11.5 Å². The number of aromatic nitrogens is 4. The Morgan fingerprint density at radius 3 is 2.43 bits per heavy atom. The smallest absolute Gasteiger partial charge is 0.251 e. The molecule has 5 heterocycles. The van der Waals surface area contributed by atoms with Crippen molar-refractivity contribution in [2.24, 2.45) is 0 Å². The first-order chi connectivity index (χ1) is 22.5. The zero-order valence-corrected chi connectivity index (χ0v) is 26.1. The molecule has 9 nitrogen and oxygen atoms in total. The zero-order chi connectivity index (χ0) is 31.2. The lowest BCUT2D eigenvalue weighted by Crippen LogP contribution is -2.50. The molecular formula is C36H33N7O2S. The summed E-state index contributed by atoms with van der Waals surface area (Å²) in [6.45, 7) is 3.60. The molecule has 0 spiro atoms. The summed E-state index contributed by atoms with van der Waals surface area (Å²) in [6.07, 6.45) is 4.64. The fourth-order valence-corrected chi connectivity index (χ4v) is 7.84. The first-order valence-electron chi connectivity index (χ1n) is 15.8. The van der Waals surface area contributed by atoms with Crippen LogP contribution in [0, 0.1) is 0 Å². The van der Waals surface area contributed by atoms with E-state index < -0.39 is 0 Å². The average Bonchev–Trinajstić information content (AvgIpc) is 3.35. The number of thioether (sulfide) groups is 1. The maximum absolute atomic E-state index is 12.4. The van der Waals surface area contributed by atoms with E-state index in [0.717, 1.165) is 84.9 Å². The Bertz CT molecular complexity index is 2110. The van der Waals surface area contributed by atoms with Gasteiger partial charge in [0.2, 0.25) is 5.43 Å².